The van der Waals surface area contributed by atoms with Crippen molar-refractivity contribution in [3.05, 3.63) is 30.0 Å². The Hall–Kier alpha value is -2.37. The van der Waals surface area contributed by atoms with Crippen LogP contribution in [-0.4, -0.2) is 28.1 Å². The third-order valence-electron chi connectivity index (χ3n) is 4.17. The minimum absolute atomic E-state index is 0.0421. The fourth-order valence-electron chi connectivity index (χ4n) is 2.87. The summed E-state index contributed by atoms with van der Waals surface area (Å²) in [7, 11) is 0. The van der Waals surface area contributed by atoms with E-state index in [1.54, 1.807) is 18.3 Å². The fraction of sp³-hybridized carbons (Fsp3) is 0.400. The Balaban J connectivity index is 1.62. The zero-order valence-corrected chi connectivity index (χ0v) is 11.6. The molecule has 1 fully saturated rings. The largest absolute Gasteiger partial charge is 0.369 e. The molecule has 2 aromatic rings. The van der Waals surface area contributed by atoms with Crippen LogP contribution in [-0.2, 0) is 4.79 Å². The highest BCUT2D eigenvalue weighted by molar-refractivity contribution is 5.97. The zero-order chi connectivity index (χ0) is 14.8. The van der Waals surface area contributed by atoms with Gasteiger partial charge in [0.05, 0.1) is 11.7 Å². The number of carbonyl (C=O) groups excluding carboxylic acids is 2. The van der Waals surface area contributed by atoms with E-state index >= 15 is 0 Å². The quantitative estimate of drug-likeness (QED) is 0.793. The van der Waals surface area contributed by atoms with Crippen LogP contribution in [0, 0.1) is 5.92 Å². The first-order valence-electron chi connectivity index (χ1n) is 7.17. The van der Waals surface area contributed by atoms with Crippen molar-refractivity contribution in [2.24, 2.45) is 11.7 Å². The van der Waals surface area contributed by atoms with Gasteiger partial charge in [-0.3, -0.25) is 14.7 Å². The second-order valence-electron chi connectivity index (χ2n) is 5.60. The fourth-order valence-corrected chi connectivity index (χ4v) is 2.87. The van der Waals surface area contributed by atoms with Crippen LogP contribution in [0.2, 0.25) is 0 Å². The number of carbonyl (C=O) groups is 2. The number of aromatic nitrogens is 2. The molecule has 0 radical (unpaired) electrons. The van der Waals surface area contributed by atoms with Crippen molar-refractivity contribution in [2.75, 3.05) is 0 Å². The maximum atomic E-state index is 12.3. The van der Waals surface area contributed by atoms with E-state index < -0.39 is 0 Å². The summed E-state index contributed by atoms with van der Waals surface area (Å²) in [6, 6.07) is 5.58. The Kier molecular flexibility index (Phi) is 3.60. The lowest BCUT2D eigenvalue weighted by Gasteiger charge is -2.27. The normalized spacial score (nSPS) is 22.1. The number of benzene rings is 1. The standard InChI is InChI=1S/C15H18N4O2/c16-14(20)9-3-5-12(6-4-9)18-15(21)10-1-2-11-8-17-19-13(11)7-10/h1-2,7-9,12H,3-6H2,(H2,16,20)(H,17,19)(H,18,21). The van der Waals surface area contributed by atoms with Gasteiger partial charge >= 0.3 is 0 Å². The van der Waals surface area contributed by atoms with Crippen LogP contribution < -0.4 is 11.1 Å². The Morgan fingerprint density at radius 2 is 2.00 bits per heavy atom. The zero-order valence-electron chi connectivity index (χ0n) is 11.6. The van der Waals surface area contributed by atoms with Crippen molar-refractivity contribution in [1.82, 2.24) is 15.5 Å². The summed E-state index contributed by atoms with van der Waals surface area (Å²) in [6.07, 6.45) is 4.82. The number of hydrogen-bond acceptors (Lipinski definition) is 3. The number of amides is 2. The molecule has 3 rings (SSSR count). The average Bonchev–Trinajstić information content (AvgIpc) is 2.95. The maximum Gasteiger partial charge on any atom is 0.251 e. The average molecular weight is 286 g/mol. The maximum absolute atomic E-state index is 12.3. The van der Waals surface area contributed by atoms with Crippen molar-refractivity contribution in [1.29, 1.82) is 0 Å². The van der Waals surface area contributed by atoms with Crippen LogP contribution in [0.4, 0.5) is 0 Å². The lowest BCUT2D eigenvalue weighted by atomic mass is 9.85. The Morgan fingerprint density at radius 1 is 1.24 bits per heavy atom. The second kappa shape index (κ2) is 5.55. The summed E-state index contributed by atoms with van der Waals surface area (Å²) >= 11 is 0. The van der Waals surface area contributed by atoms with E-state index in [0.29, 0.717) is 5.56 Å². The summed E-state index contributed by atoms with van der Waals surface area (Å²) in [5, 5.41) is 10.8. The van der Waals surface area contributed by atoms with Crippen molar-refractivity contribution < 1.29 is 9.59 Å². The van der Waals surface area contributed by atoms with Crippen molar-refractivity contribution in [2.45, 2.75) is 31.7 Å². The van der Waals surface area contributed by atoms with Gasteiger partial charge in [0.15, 0.2) is 0 Å². The van der Waals surface area contributed by atoms with Crippen LogP contribution in [0.25, 0.3) is 10.9 Å². The molecule has 21 heavy (non-hydrogen) atoms. The summed E-state index contributed by atoms with van der Waals surface area (Å²) in [4.78, 5) is 23.4. The predicted octanol–water partition coefficient (Wildman–Crippen LogP) is 1.34. The molecule has 1 heterocycles. The number of fused-ring (bicyclic) bond motifs is 1. The number of aromatic amines is 1. The molecule has 110 valence electrons. The van der Waals surface area contributed by atoms with E-state index in [1.807, 2.05) is 6.07 Å². The molecular formula is C15H18N4O2. The first-order chi connectivity index (χ1) is 10.1. The van der Waals surface area contributed by atoms with Gasteiger partial charge < -0.3 is 11.1 Å². The summed E-state index contributed by atoms with van der Waals surface area (Å²) < 4.78 is 0. The van der Waals surface area contributed by atoms with Crippen molar-refractivity contribution >= 4 is 22.7 Å². The van der Waals surface area contributed by atoms with E-state index in [0.717, 1.165) is 36.6 Å². The van der Waals surface area contributed by atoms with E-state index in [-0.39, 0.29) is 23.8 Å². The van der Waals surface area contributed by atoms with Gasteiger partial charge in [-0.2, -0.15) is 5.10 Å². The Labute approximate surface area is 122 Å². The number of hydrogen-bond donors (Lipinski definition) is 3. The third kappa shape index (κ3) is 2.89. The van der Waals surface area contributed by atoms with Crippen LogP contribution in [0.5, 0.6) is 0 Å². The molecule has 1 aromatic heterocycles. The highest BCUT2D eigenvalue weighted by Crippen LogP contribution is 2.24. The molecular weight excluding hydrogens is 268 g/mol. The molecule has 0 unspecified atom stereocenters. The molecule has 4 N–H and O–H groups in total. The molecule has 0 spiro atoms. The molecule has 2 amide bonds. The number of H-pyrrole nitrogens is 1. The van der Waals surface area contributed by atoms with Crippen molar-refractivity contribution in [3.63, 3.8) is 0 Å². The van der Waals surface area contributed by atoms with Gasteiger partial charge in [0.2, 0.25) is 5.91 Å². The van der Waals surface area contributed by atoms with Gasteiger partial charge in [0, 0.05) is 22.9 Å². The van der Waals surface area contributed by atoms with E-state index in [2.05, 4.69) is 15.5 Å². The van der Waals surface area contributed by atoms with Gasteiger partial charge in [0.1, 0.15) is 0 Å². The summed E-state index contributed by atoms with van der Waals surface area (Å²) in [5.74, 6) is -0.363. The third-order valence-corrected chi connectivity index (χ3v) is 4.17. The molecule has 1 aliphatic rings. The van der Waals surface area contributed by atoms with Crippen LogP contribution in [0.3, 0.4) is 0 Å². The van der Waals surface area contributed by atoms with E-state index in [9.17, 15) is 9.59 Å². The molecule has 0 bridgehead atoms. The molecule has 0 aliphatic heterocycles. The Morgan fingerprint density at radius 3 is 2.71 bits per heavy atom. The van der Waals surface area contributed by atoms with Gasteiger partial charge in [-0.15, -0.1) is 0 Å². The molecule has 0 atom stereocenters. The highest BCUT2D eigenvalue weighted by atomic mass is 16.2. The highest BCUT2D eigenvalue weighted by Gasteiger charge is 2.25. The smallest absolute Gasteiger partial charge is 0.251 e. The lowest BCUT2D eigenvalue weighted by Crippen LogP contribution is -2.39. The number of primary amides is 1. The van der Waals surface area contributed by atoms with Crippen molar-refractivity contribution in [3.8, 4) is 0 Å². The lowest BCUT2D eigenvalue weighted by molar-refractivity contribution is -0.122. The number of nitrogens with two attached hydrogens (primary N) is 1. The number of nitrogens with zero attached hydrogens (tertiary/aromatic N) is 1. The SMILES string of the molecule is NC(=O)C1CCC(NC(=O)c2ccc3cn[nH]c3c2)CC1. The molecule has 1 saturated carbocycles. The van der Waals surface area contributed by atoms with Gasteiger partial charge in [0.25, 0.3) is 5.91 Å². The summed E-state index contributed by atoms with van der Waals surface area (Å²) in [6.45, 7) is 0. The first kappa shape index (κ1) is 13.6. The minimum Gasteiger partial charge on any atom is -0.369 e. The minimum atomic E-state index is -0.232. The second-order valence-corrected chi connectivity index (χ2v) is 5.60. The molecule has 6 heteroatoms. The van der Waals surface area contributed by atoms with E-state index in [4.69, 9.17) is 5.73 Å². The summed E-state index contributed by atoms with van der Waals surface area (Å²) in [5.41, 5.74) is 6.77. The first-order valence-corrected chi connectivity index (χ1v) is 7.17. The van der Waals surface area contributed by atoms with Gasteiger partial charge in [-0.05, 0) is 37.8 Å². The van der Waals surface area contributed by atoms with Gasteiger partial charge in [-0.1, -0.05) is 6.07 Å². The van der Waals surface area contributed by atoms with E-state index in [1.165, 1.54) is 0 Å². The van der Waals surface area contributed by atoms with Gasteiger partial charge in [-0.25, -0.2) is 0 Å². The number of rotatable bonds is 3. The molecule has 0 saturated heterocycles. The molecule has 6 nitrogen and oxygen atoms in total. The predicted molar refractivity (Wildman–Crippen MR) is 78.5 cm³/mol. The topological polar surface area (TPSA) is 101 Å². The van der Waals surface area contributed by atoms with Crippen LogP contribution >= 0.6 is 0 Å². The Bertz CT molecular complexity index is 671. The number of nitrogens with one attached hydrogen (secondary N) is 2. The van der Waals surface area contributed by atoms with Crippen LogP contribution in [0.15, 0.2) is 24.4 Å². The monoisotopic (exact) mass is 286 g/mol. The molecule has 1 aromatic carbocycles. The van der Waals surface area contributed by atoms with Crippen LogP contribution in [0.1, 0.15) is 36.0 Å². The molecule has 1 aliphatic carbocycles.